The summed E-state index contributed by atoms with van der Waals surface area (Å²) in [6.45, 7) is -0.0613. The standard InChI is InChI=1S/C14H12F3NO2S/c15-11-2-1-9(10(5-11)7-18)8-21(19,20)14-6-12(16)3-4-13(14)17/h1-6H,7-8,18H2. The van der Waals surface area contributed by atoms with Crippen LogP contribution in [0.25, 0.3) is 0 Å². The highest BCUT2D eigenvalue weighted by Crippen LogP contribution is 2.22. The van der Waals surface area contributed by atoms with Crippen LogP contribution in [0.5, 0.6) is 0 Å². The first kappa shape index (κ1) is 15.5. The number of benzene rings is 2. The second-order valence-corrected chi connectivity index (χ2v) is 6.41. The van der Waals surface area contributed by atoms with Crippen molar-refractivity contribution < 1.29 is 21.6 Å². The maximum absolute atomic E-state index is 13.6. The lowest BCUT2D eigenvalue weighted by molar-refractivity contribution is 0.552. The van der Waals surface area contributed by atoms with Crippen LogP contribution < -0.4 is 5.73 Å². The Morgan fingerprint density at radius 2 is 1.52 bits per heavy atom. The predicted octanol–water partition coefficient (Wildman–Crippen LogP) is 2.54. The minimum absolute atomic E-state index is 0.0613. The molecule has 0 spiro atoms. The minimum Gasteiger partial charge on any atom is -0.326 e. The molecule has 7 heteroatoms. The lowest BCUT2D eigenvalue weighted by Crippen LogP contribution is -2.11. The Kier molecular flexibility index (Phi) is 4.34. The Hall–Kier alpha value is -1.86. The fourth-order valence-corrected chi connectivity index (χ4v) is 3.43. The summed E-state index contributed by atoms with van der Waals surface area (Å²) >= 11 is 0. The smallest absolute Gasteiger partial charge is 0.185 e. The van der Waals surface area contributed by atoms with Crippen molar-refractivity contribution in [3.63, 3.8) is 0 Å². The number of halogens is 3. The van der Waals surface area contributed by atoms with E-state index in [2.05, 4.69) is 0 Å². The molecule has 0 atom stereocenters. The molecule has 0 heterocycles. The summed E-state index contributed by atoms with van der Waals surface area (Å²) in [5.74, 6) is -3.02. The van der Waals surface area contributed by atoms with Crippen LogP contribution in [0.4, 0.5) is 13.2 Å². The number of hydrogen-bond donors (Lipinski definition) is 1. The largest absolute Gasteiger partial charge is 0.326 e. The van der Waals surface area contributed by atoms with Gasteiger partial charge in [0.15, 0.2) is 9.84 Å². The number of hydrogen-bond acceptors (Lipinski definition) is 3. The topological polar surface area (TPSA) is 60.2 Å². The molecule has 0 unspecified atom stereocenters. The maximum Gasteiger partial charge on any atom is 0.185 e. The van der Waals surface area contributed by atoms with Crippen molar-refractivity contribution in [1.29, 1.82) is 0 Å². The molecule has 0 fully saturated rings. The van der Waals surface area contributed by atoms with Crippen LogP contribution in [-0.2, 0) is 22.1 Å². The number of rotatable bonds is 4. The molecule has 0 saturated heterocycles. The van der Waals surface area contributed by atoms with Gasteiger partial charge < -0.3 is 5.73 Å². The Morgan fingerprint density at radius 3 is 2.19 bits per heavy atom. The van der Waals surface area contributed by atoms with Crippen molar-refractivity contribution in [3.8, 4) is 0 Å². The van der Waals surface area contributed by atoms with Crippen molar-refractivity contribution in [2.75, 3.05) is 0 Å². The van der Waals surface area contributed by atoms with Gasteiger partial charge in [-0.1, -0.05) is 6.07 Å². The zero-order chi connectivity index (χ0) is 15.6. The van der Waals surface area contributed by atoms with Crippen LogP contribution in [0, 0.1) is 17.5 Å². The quantitative estimate of drug-likeness (QED) is 0.943. The highest BCUT2D eigenvalue weighted by molar-refractivity contribution is 7.90. The van der Waals surface area contributed by atoms with Gasteiger partial charge in [0, 0.05) is 6.54 Å². The summed E-state index contributed by atoms with van der Waals surface area (Å²) in [7, 11) is -4.10. The van der Waals surface area contributed by atoms with Crippen LogP contribution in [0.15, 0.2) is 41.3 Å². The SMILES string of the molecule is NCc1cc(F)ccc1CS(=O)(=O)c1cc(F)ccc1F. The molecule has 0 bridgehead atoms. The van der Waals surface area contributed by atoms with E-state index in [1.54, 1.807) is 0 Å². The van der Waals surface area contributed by atoms with Crippen LogP contribution >= 0.6 is 0 Å². The van der Waals surface area contributed by atoms with Crippen molar-refractivity contribution in [3.05, 3.63) is 65.0 Å². The van der Waals surface area contributed by atoms with E-state index >= 15 is 0 Å². The summed E-state index contributed by atoms with van der Waals surface area (Å²) in [5.41, 5.74) is 5.99. The normalized spacial score (nSPS) is 11.6. The molecule has 0 saturated carbocycles. The third-order valence-corrected chi connectivity index (χ3v) is 4.64. The van der Waals surface area contributed by atoms with Gasteiger partial charge in [-0.2, -0.15) is 0 Å². The Labute approximate surface area is 120 Å². The molecule has 0 radical (unpaired) electrons. The lowest BCUT2D eigenvalue weighted by atomic mass is 10.1. The zero-order valence-corrected chi connectivity index (χ0v) is 11.6. The van der Waals surface area contributed by atoms with Gasteiger partial charge in [-0.15, -0.1) is 0 Å². The molecule has 3 nitrogen and oxygen atoms in total. The average molecular weight is 315 g/mol. The molecular weight excluding hydrogens is 303 g/mol. The van der Waals surface area contributed by atoms with Crippen LogP contribution in [0.3, 0.4) is 0 Å². The van der Waals surface area contributed by atoms with Crippen molar-refractivity contribution in [2.45, 2.75) is 17.2 Å². The summed E-state index contributed by atoms with van der Waals surface area (Å²) in [4.78, 5) is -0.727. The monoisotopic (exact) mass is 315 g/mol. The molecule has 2 N–H and O–H groups in total. The molecule has 0 aliphatic rings. The summed E-state index contributed by atoms with van der Waals surface area (Å²) in [6, 6.07) is 5.68. The van der Waals surface area contributed by atoms with Crippen LogP contribution in [0.2, 0.25) is 0 Å². The van der Waals surface area contributed by atoms with Gasteiger partial charge in [0.25, 0.3) is 0 Å². The third kappa shape index (κ3) is 3.43. The highest BCUT2D eigenvalue weighted by atomic mass is 32.2. The van der Waals surface area contributed by atoms with E-state index in [0.29, 0.717) is 11.6 Å². The fraction of sp³-hybridized carbons (Fsp3) is 0.143. The molecule has 0 amide bonds. The van der Waals surface area contributed by atoms with Gasteiger partial charge in [-0.05, 0) is 41.5 Å². The maximum atomic E-state index is 13.6. The van der Waals surface area contributed by atoms with Gasteiger partial charge in [-0.25, -0.2) is 21.6 Å². The predicted molar refractivity (Wildman–Crippen MR) is 71.5 cm³/mol. The van der Waals surface area contributed by atoms with Gasteiger partial charge >= 0.3 is 0 Å². The first-order valence-corrected chi connectivity index (χ1v) is 7.64. The first-order chi connectivity index (χ1) is 9.83. The third-order valence-electron chi connectivity index (χ3n) is 2.96. The van der Waals surface area contributed by atoms with E-state index in [9.17, 15) is 21.6 Å². The second-order valence-electron chi connectivity index (χ2n) is 4.45. The fourth-order valence-electron chi connectivity index (χ4n) is 1.92. The Bertz CT molecular complexity index is 776. The second kappa shape index (κ2) is 5.87. The first-order valence-electron chi connectivity index (χ1n) is 5.98. The van der Waals surface area contributed by atoms with Crippen molar-refractivity contribution in [1.82, 2.24) is 0 Å². The van der Waals surface area contributed by atoms with E-state index in [-0.39, 0.29) is 12.1 Å². The molecule has 112 valence electrons. The van der Waals surface area contributed by atoms with E-state index < -0.39 is 37.9 Å². The molecule has 2 aromatic carbocycles. The molecule has 21 heavy (non-hydrogen) atoms. The van der Waals surface area contributed by atoms with E-state index in [0.717, 1.165) is 24.3 Å². The molecule has 2 rings (SSSR count). The minimum atomic E-state index is -4.10. The zero-order valence-electron chi connectivity index (χ0n) is 10.8. The number of sulfone groups is 1. The van der Waals surface area contributed by atoms with E-state index in [1.165, 1.54) is 6.07 Å². The van der Waals surface area contributed by atoms with Crippen LogP contribution in [-0.4, -0.2) is 8.42 Å². The molecule has 0 aliphatic carbocycles. The summed E-state index contributed by atoms with van der Waals surface area (Å²) < 4.78 is 64.2. The molecular formula is C14H12F3NO2S. The highest BCUT2D eigenvalue weighted by Gasteiger charge is 2.22. The Morgan fingerprint density at radius 1 is 0.905 bits per heavy atom. The van der Waals surface area contributed by atoms with Crippen molar-refractivity contribution >= 4 is 9.84 Å². The average Bonchev–Trinajstić information content (AvgIpc) is 2.43. The van der Waals surface area contributed by atoms with Crippen molar-refractivity contribution in [2.24, 2.45) is 5.73 Å². The molecule has 0 aromatic heterocycles. The van der Waals surface area contributed by atoms with E-state index in [1.807, 2.05) is 0 Å². The van der Waals surface area contributed by atoms with E-state index in [4.69, 9.17) is 5.73 Å². The van der Waals surface area contributed by atoms with Gasteiger partial charge in [0.2, 0.25) is 0 Å². The van der Waals surface area contributed by atoms with Gasteiger partial charge in [0.05, 0.1) is 5.75 Å². The molecule has 2 aromatic rings. The van der Waals surface area contributed by atoms with Crippen LogP contribution in [0.1, 0.15) is 11.1 Å². The molecule has 0 aliphatic heterocycles. The number of nitrogens with two attached hydrogens (primary N) is 1. The Balaban J connectivity index is 2.45. The summed E-state index contributed by atoms with van der Waals surface area (Å²) in [5, 5.41) is 0. The van der Waals surface area contributed by atoms with Gasteiger partial charge in [0.1, 0.15) is 22.3 Å². The lowest BCUT2D eigenvalue weighted by Gasteiger charge is -2.10. The van der Waals surface area contributed by atoms with Gasteiger partial charge in [-0.3, -0.25) is 0 Å². The summed E-state index contributed by atoms with van der Waals surface area (Å²) in [6.07, 6.45) is 0.